The number of nitrogens with one attached hydrogen (secondary N) is 3. The van der Waals surface area contributed by atoms with Crippen molar-refractivity contribution in [1.29, 1.82) is 0 Å². The van der Waals surface area contributed by atoms with Gasteiger partial charge in [-0.15, -0.1) is 68.0 Å². The normalized spacial score (nSPS) is 20.3. The maximum atomic E-state index is 11.8. The smallest absolute Gasteiger partial charge is 0.221 e. The molecule has 6 atom stereocenters. The molecule has 0 radical (unpaired) electrons. The Bertz CT molecular complexity index is 3210. The van der Waals surface area contributed by atoms with Gasteiger partial charge in [-0.1, -0.05) is 20.8 Å². The van der Waals surface area contributed by atoms with E-state index in [1.807, 2.05) is 18.2 Å². The van der Waals surface area contributed by atoms with Gasteiger partial charge in [-0.25, -0.2) is 15.0 Å². The number of hydrogen-bond donors (Lipinski definition) is 3. The molecule has 9 aromatic heterocycles. The molecule has 15 nitrogen and oxygen atoms in total. The van der Waals surface area contributed by atoms with Crippen LogP contribution in [0.25, 0.3) is 62.4 Å². The summed E-state index contributed by atoms with van der Waals surface area (Å²) < 4.78 is 3.36. The van der Waals surface area contributed by atoms with Crippen LogP contribution in [0.2, 0.25) is 0 Å². The van der Waals surface area contributed by atoms with Gasteiger partial charge in [0.15, 0.2) is 0 Å². The first-order valence-corrected chi connectivity index (χ1v) is 31.6. The second kappa shape index (κ2) is 23.3. The van der Waals surface area contributed by atoms with Gasteiger partial charge in [0.2, 0.25) is 17.7 Å². The topological polar surface area (TPSA) is 174 Å². The number of nitrogens with zero attached hydrogens (tertiary/aromatic N) is 9. The second-order valence-corrected chi connectivity index (χ2v) is 26.5. The van der Waals surface area contributed by atoms with Gasteiger partial charge in [0, 0.05) is 107 Å². The molecule has 3 aliphatic rings. The highest BCUT2D eigenvalue weighted by Crippen LogP contribution is 2.53. The minimum atomic E-state index is -0.0410. The first kappa shape index (κ1) is 55.8. The summed E-state index contributed by atoms with van der Waals surface area (Å²) in [4.78, 5) is 74.0. The van der Waals surface area contributed by atoms with Gasteiger partial charge in [0.1, 0.15) is 46.6 Å². The standard InChI is InChI=1S/3C19H22N4OS2/c3*1-5-23-10(2)8-13-16(18(21-12(4)24)26-17(13)11(23)3)19-22-14-9-20-7-6-15(14)25-19/h3*6-7,9-11H,5,8H2,1-4H3,(H,21,24)/t2*10-,11-;/m10./s1. The van der Waals surface area contributed by atoms with Gasteiger partial charge in [-0.2, -0.15) is 0 Å². The summed E-state index contributed by atoms with van der Waals surface area (Å²) in [5.74, 6) is -0.123. The summed E-state index contributed by atoms with van der Waals surface area (Å²) in [7, 11) is 0. The molecule has 2 unspecified atom stereocenters. The lowest BCUT2D eigenvalue weighted by atomic mass is 9.93. The van der Waals surface area contributed by atoms with Crippen molar-refractivity contribution in [3.63, 3.8) is 0 Å². The number of carbonyl (C=O) groups excluding carboxylic acids is 3. The fraction of sp³-hybridized carbons (Fsp3) is 0.421. The molecule has 0 bridgehead atoms. The molecule has 9 aromatic rings. The third-order valence-corrected chi connectivity index (χ3v) is 22.2. The Morgan fingerprint density at radius 2 is 0.731 bits per heavy atom. The predicted molar refractivity (Wildman–Crippen MR) is 327 cm³/mol. The number of likely N-dealkylation sites (N-methyl/N-ethyl adjacent to an activating group) is 3. The average molecular weight is 1160 g/mol. The number of amides is 3. The van der Waals surface area contributed by atoms with Crippen LogP contribution < -0.4 is 16.0 Å². The number of thiazole rings is 3. The van der Waals surface area contributed by atoms with E-state index >= 15 is 0 Å². The number of rotatable bonds is 9. The third-order valence-electron chi connectivity index (χ3n) is 15.1. The molecular formula is C57H66N12O3S6. The number of thiophene rings is 3. The molecule has 408 valence electrons. The van der Waals surface area contributed by atoms with Crippen LogP contribution in [-0.4, -0.2) is 100 Å². The molecule has 0 spiro atoms. The fourth-order valence-electron chi connectivity index (χ4n) is 11.7. The van der Waals surface area contributed by atoms with Crippen molar-refractivity contribution in [3.8, 4) is 31.7 Å². The van der Waals surface area contributed by atoms with Gasteiger partial charge in [-0.3, -0.25) is 44.0 Å². The lowest BCUT2D eigenvalue weighted by molar-refractivity contribution is -0.115. The van der Waals surface area contributed by atoms with Crippen molar-refractivity contribution in [3.05, 3.63) is 86.7 Å². The van der Waals surface area contributed by atoms with Crippen LogP contribution in [0.1, 0.15) is 133 Å². The van der Waals surface area contributed by atoms with Crippen molar-refractivity contribution in [2.45, 2.75) is 139 Å². The Hall–Kier alpha value is -5.49. The number of hydrogen-bond acceptors (Lipinski definition) is 18. The average Bonchev–Trinajstić information content (AvgIpc) is 4.39. The van der Waals surface area contributed by atoms with Crippen LogP contribution in [0.5, 0.6) is 0 Å². The highest BCUT2D eigenvalue weighted by Gasteiger charge is 2.38. The maximum Gasteiger partial charge on any atom is 0.221 e. The van der Waals surface area contributed by atoms with Crippen molar-refractivity contribution in [2.75, 3.05) is 35.6 Å². The minimum absolute atomic E-state index is 0.0410. The van der Waals surface area contributed by atoms with Crippen LogP contribution in [0.3, 0.4) is 0 Å². The molecule has 12 heterocycles. The third kappa shape index (κ3) is 10.8. The molecule has 3 aliphatic heterocycles. The largest absolute Gasteiger partial charge is 0.317 e. The monoisotopic (exact) mass is 1160 g/mol. The highest BCUT2D eigenvalue weighted by molar-refractivity contribution is 7.24. The quantitative estimate of drug-likeness (QED) is 0.125. The Balaban J connectivity index is 0.000000132. The molecule has 0 fully saturated rings. The Morgan fingerprint density at radius 1 is 0.462 bits per heavy atom. The molecule has 0 aromatic carbocycles. The second-order valence-electron chi connectivity index (χ2n) is 20.3. The lowest BCUT2D eigenvalue weighted by Gasteiger charge is -2.38. The van der Waals surface area contributed by atoms with E-state index in [1.54, 1.807) is 126 Å². The highest BCUT2D eigenvalue weighted by atomic mass is 32.1. The maximum absolute atomic E-state index is 11.8. The summed E-state index contributed by atoms with van der Waals surface area (Å²) in [6.07, 6.45) is 13.7. The van der Waals surface area contributed by atoms with Crippen LogP contribution in [0.15, 0.2) is 55.4 Å². The van der Waals surface area contributed by atoms with E-state index in [-0.39, 0.29) is 17.7 Å². The Labute approximate surface area is 479 Å². The summed E-state index contributed by atoms with van der Waals surface area (Å²) in [5, 5.41) is 14.8. The molecule has 0 saturated carbocycles. The van der Waals surface area contributed by atoms with Crippen LogP contribution in [0.4, 0.5) is 15.0 Å². The zero-order valence-corrected chi connectivity index (χ0v) is 51.0. The number of aromatic nitrogens is 6. The molecule has 21 heteroatoms. The van der Waals surface area contributed by atoms with E-state index in [9.17, 15) is 14.4 Å². The van der Waals surface area contributed by atoms with Crippen molar-refractivity contribution < 1.29 is 14.4 Å². The summed E-state index contributed by atoms with van der Waals surface area (Å²) in [6.45, 7) is 28.0. The zero-order valence-electron chi connectivity index (χ0n) is 46.1. The van der Waals surface area contributed by atoms with E-state index < -0.39 is 0 Å². The first-order valence-electron chi connectivity index (χ1n) is 26.7. The number of pyridine rings is 3. The molecule has 3 amide bonds. The van der Waals surface area contributed by atoms with E-state index in [0.29, 0.717) is 36.3 Å². The predicted octanol–water partition coefficient (Wildman–Crippen LogP) is 14.1. The van der Waals surface area contributed by atoms with Crippen molar-refractivity contribution in [2.24, 2.45) is 0 Å². The van der Waals surface area contributed by atoms with Gasteiger partial charge < -0.3 is 16.0 Å². The summed E-state index contributed by atoms with van der Waals surface area (Å²) in [6, 6.07) is 8.45. The zero-order chi connectivity index (χ0) is 55.3. The number of fused-ring (bicyclic) bond motifs is 6. The molecule has 12 rings (SSSR count). The van der Waals surface area contributed by atoms with Gasteiger partial charge in [0.05, 0.1) is 32.7 Å². The van der Waals surface area contributed by atoms with Gasteiger partial charge in [-0.05, 0) is 115 Å². The van der Waals surface area contributed by atoms with E-state index in [1.165, 1.54) is 31.3 Å². The fourth-order valence-corrected chi connectivity index (χ4v) is 19.0. The molecule has 78 heavy (non-hydrogen) atoms. The summed E-state index contributed by atoms with van der Waals surface area (Å²) in [5.41, 5.74) is 10.1. The van der Waals surface area contributed by atoms with Gasteiger partial charge >= 0.3 is 0 Å². The molecule has 0 aliphatic carbocycles. The van der Waals surface area contributed by atoms with Crippen molar-refractivity contribution in [1.82, 2.24) is 44.6 Å². The minimum Gasteiger partial charge on any atom is -0.317 e. The Morgan fingerprint density at radius 3 is 0.962 bits per heavy atom. The van der Waals surface area contributed by atoms with Crippen LogP contribution in [-0.2, 0) is 33.6 Å². The van der Waals surface area contributed by atoms with Gasteiger partial charge in [0.25, 0.3) is 0 Å². The van der Waals surface area contributed by atoms with E-state index in [2.05, 4.69) is 108 Å². The molecular weight excluding hydrogens is 1090 g/mol. The van der Waals surface area contributed by atoms with Crippen LogP contribution >= 0.6 is 68.0 Å². The van der Waals surface area contributed by atoms with E-state index in [4.69, 9.17) is 15.0 Å². The first-order chi connectivity index (χ1) is 37.5. The van der Waals surface area contributed by atoms with E-state index in [0.717, 1.165) is 116 Å². The van der Waals surface area contributed by atoms with Crippen molar-refractivity contribution >= 4 is 131 Å². The lowest BCUT2D eigenvalue weighted by Crippen LogP contribution is -2.40. The molecule has 3 N–H and O–H groups in total. The number of carbonyl (C=O) groups is 3. The van der Waals surface area contributed by atoms with Crippen LogP contribution in [0, 0.1) is 0 Å². The molecule has 0 saturated heterocycles. The summed E-state index contributed by atoms with van der Waals surface area (Å²) >= 11 is 10.1. The SMILES string of the molecule is CCN1C(C)Cc2c(sc(NC(C)=O)c2-c2nc3cnccc3s2)C1C.CCN1[C@@H](C)Cc2c(sc(NC(C)=O)c2-c2nc3cnccc3s2)[C@@H]1C.CCN1[C@H](C)Cc2c(sc(NC(C)=O)c2-c2nc3cnccc3s2)[C@H]1C. The Kier molecular flexibility index (Phi) is 16.7. The number of anilines is 3.